The molecule has 1 aromatic carbocycles. The standard InChI is InChI=1S/C23H23N3O5S/c27-22(25-31-23-3-1-2-16-30-23)9-4-18-12-15-26(17-18)32(28,29)21-7-5-19(6-8-21)20-10-13-24-14-11-20/h4-15,17,23H,1-3,16H2,(H,25,27)/b9-4+. The molecule has 3 heterocycles. The van der Waals surface area contributed by atoms with Crippen LogP contribution < -0.4 is 5.48 Å². The fraction of sp³-hybridized carbons (Fsp3) is 0.217. The zero-order chi connectivity index (χ0) is 22.4. The van der Waals surface area contributed by atoms with E-state index in [9.17, 15) is 13.2 Å². The van der Waals surface area contributed by atoms with Crippen LogP contribution in [-0.4, -0.2) is 36.2 Å². The van der Waals surface area contributed by atoms with Crippen molar-refractivity contribution in [3.05, 3.63) is 78.9 Å². The summed E-state index contributed by atoms with van der Waals surface area (Å²) in [6.07, 6.45) is 11.3. The van der Waals surface area contributed by atoms with Gasteiger partial charge in [0, 0.05) is 43.9 Å². The molecule has 0 radical (unpaired) electrons. The Kier molecular flexibility index (Phi) is 6.79. The minimum Gasteiger partial charge on any atom is -0.350 e. The zero-order valence-corrected chi connectivity index (χ0v) is 18.1. The molecule has 9 heteroatoms. The molecule has 0 saturated carbocycles. The van der Waals surface area contributed by atoms with Crippen LogP contribution in [0.2, 0.25) is 0 Å². The smallest absolute Gasteiger partial charge is 0.267 e. The van der Waals surface area contributed by atoms with Gasteiger partial charge in [-0.15, -0.1) is 0 Å². The molecule has 1 amide bonds. The largest absolute Gasteiger partial charge is 0.350 e. The Hall–Kier alpha value is -3.27. The van der Waals surface area contributed by atoms with Crippen LogP contribution in [0.4, 0.5) is 0 Å². The van der Waals surface area contributed by atoms with Gasteiger partial charge in [-0.1, -0.05) is 12.1 Å². The summed E-state index contributed by atoms with van der Waals surface area (Å²) in [6, 6.07) is 12.0. The molecular weight excluding hydrogens is 430 g/mol. The van der Waals surface area contributed by atoms with Crippen molar-refractivity contribution in [1.29, 1.82) is 0 Å². The number of pyridine rings is 1. The van der Waals surface area contributed by atoms with Gasteiger partial charge < -0.3 is 4.74 Å². The molecule has 0 spiro atoms. The van der Waals surface area contributed by atoms with E-state index in [2.05, 4.69) is 10.5 Å². The van der Waals surface area contributed by atoms with Crippen LogP contribution >= 0.6 is 0 Å². The third-order valence-corrected chi connectivity index (χ3v) is 6.64. The maximum absolute atomic E-state index is 12.9. The Morgan fingerprint density at radius 2 is 1.84 bits per heavy atom. The number of carbonyl (C=O) groups is 1. The second kappa shape index (κ2) is 9.90. The molecule has 1 fully saturated rings. The molecule has 0 bridgehead atoms. The number of carbonyl (C=O) groups excluding carboxylic acids is 1. The first kappa shape index (κ1) is 21.9. The van der Waals surface area contributed by atoms with E-state index in [0.29, 0.717) is 12.2 Å². The third-order valence-electron chi connectivity index (χ3n) is 4.99. The molecule has 1 aliphatic rings. The van der Waals surface area contributed by atoms with Crippen molar-refractivity contribution < 1.29 is 22.8 Å². The van der Waals surface area contributed by atoms with E-state index in [4.69, 9.17) is 9.57 Å². The van der Waals surface area contributed by atoms with Crippen molar-refractivity contribution in [2.75, 3.05) is 6.61 Å². The molecule has 1 saturated heterocycles. The number of aromatic nitrogens is 2. The van der Waals surface area contributed by atoms with Gasteiger partial charge in [0.2, 0.25) is 0 Å². The fourth-order valence-electron chi connectivity index (χ4n) is 3.26. The number of nitrogens with one attached hydrogen (secondary N) is 1. The number of benzene rings is 1. The maximum Gasteiger partial charge on any atom is 0.267 e. The van der Waals surface area contributed by atoms with E-state index in [1.165, 1.54) is 24.5 Å². The van der Waals surface area contributed by atoms with Gasteiger partial charge >= 0.3 is 0 Å². The lowest BCUT2D eigenvalue weighted by atomic mass is 10.1. The molecule has 166 valence electrons. The monoisotopic (exact) mass is 453 g/mol. The van der Waals surface area contributed by atoms with Crippen LogP contribution in [-0.2, 0) is 24.4 Å². The number of hydrogen-bond donors (Lipinski definition) is 1. The number of hydroxylamine groups is 1. The highest BCUT2D eigenvalue weighted by molar-refractivity contribution is 7.90. The van der Waals surface area contributed by atoms with Crippen LogP contribution in [0.15, 0.2) is 78.2 Å². The molecule has 1 N–H and O–H groups in total. The Balaban J connectivity index is 1.39. The summed E-state index contributed by atoms with van der Waals surface area (Å²) in [5, 5.41) is 0. The predicted octanol–water partition coefficient (Wildman–Crippen LogP) is 3.37. The van der Waals surface area contributed by atoms with Gasteiger partial charge in [-0.3, -0.25) is 9.78 Å². The number of amides is 1. The van der Waals surface area contributed by atoms with Crippen molar-refractivity contribution in [2.24, 2.45) is 0 Å². The Morgan fingerprint density at radius 3 is 2.56 bits per heavy atom. The van der Waals surface area contributed by atoms with E-state index < -0.39 is 22.2 Å². The summed E-state index contributed by atoms with van der Waals surface area (Å²) in [6.45, 7) is 0.616. The zero-order valence-electron chi connectivity index (χ0n) is 17.3. The van der Waals surface area contributed by atoms with E-state index >= 15 is 0 Å². The van der Waals surface area contributed by atoms with E-state index in [0.717, 1.165) is 34.4 Å². The lowest BCUT2D eigenvalue weighted by Crippen LogP contribution is -2.32. The molecule has 4 rings (SSSR count). The summed E-state index contributed by atoms with van der Waals surface area (Å²) in [4.78, 5) is 21.3. The molecule has 0 aliphatic carbocycles. The minimum atomic E-state index is -3.75. The quantitative estimate of drug-likeness (QED) is 0.435. The lowest BCUT2D eigenvalue weighted by Gasteiger charge is -2.21. The van der Waals surface area contributed by atoms with Crippen molar-refractivity contribution in [2.45, 2.75) is 30.4 Å². The topological polar surface area (TPSA) is 99.5 Å². The number of nitrogens with zero attached hydrogens (tertiary/aromatic N) is 2. The average molecular weight is 454 g/mol. The van der Waals surface area contributed by atoms with Crippen LogP contribution in [0, 0.1) is 0 Å². The van der Waals surface area contributed by atoms with Crippen LogP contribution in [0.5, 0.6) is 0 Å². The normalized spacial score (nSPS) is 16.8. The van der Waals surface area contributed by atoms with Crippen molar-refractivity contribution >= 4 is 22.0 Å². The van der Waals surface area contributed by atoms with Crippen molar-refractivity contribution in [3.63, 3.8) is 0 Å². The third kappa shape index (κ3) is 5.31. The minimum absolute atomic E-state index is 0.167. The van der Waals surface area contributed by atoms with Crippen LogP contribution in [0.1, 0.15) is 24.8 Å². The van der Waals surface area contributed by atoms with Gasteiger partial charge in [-0.05, 0) is 65.9 Å². The summed E-state index contributed by atoms with van der Waals surface area (Å²) in [5.41, 5.74) is 4.74. The van der Waals surface area contributed by atoms with E-state index in [-0.39, 0.29) is 4.90 Å². The lowest BCUT2D eigenvalue weighted by molar-refractivity contribution is -0.198. The molecule has 1 aliphatic heterocycles. The summed E-state index contributed by atoms with van der Waals surface area (Å²) < 4.78 is 32.3. The molecule has 3 aromatic rings. The molecule has 1 unspecified atom stereocenters. The second-order valence-electron chi connectivity index (χ2n) is 7.25. The summed E-state index contributed by atoms with van der Waals surface area (Å²) in [7, 11) is -3.75. The van der Waals surface area contributed by atoms with E-state index in [1.807, 2.05) is 12.1 Å². The Bertz CT molecular complexity index is 1180. The highest BCUT2D eigenvalue weighted by atomic mass is 32.2. The van der Waals surface area contributed by atoms with Crippen molar-refractivity contribution in [3.8, 4) is 11.1 Å². The fourth-order valence-corrected chi connectivity index (χ4v) is 4.46. The molecule has 32 heavy (non-hydrogen) atoms. The first-order valence-corrected chi connectivity index (χ1v) is 11.7. The van der Waals surface area contributed by atoms with Gasteiger partial charge in [0.1, 0.15) is 0 Å². The van der Waals surface area contributed by atoms with Gasteiger partial charge in [-0.2, -0.15) is 0 Å². The van der Waals surface area contributed by atoms with E-state index in [1.54, 1.807) is 42.7 Å². The SMILES string of the molecule is O=C(/C=C/c1ccn(S(=O)(=O)c2ccc(-c3ccncc3)cc2)c1)NOC1CCCCO1. The predicted molar refractivity (Wildman–Crippen MR) is 119 cm³/mol. The van der Waals surface area contributed by atoms with Gasteiger partial charge in [-0.25, -0.2) is 22.7 Å². The number of ether oxygens (including phenoxy) is 1. The first-order valence-electron chi connectivity index (χ1n) is 10.2. The average Bonchev–Trinajstić information content (AvgIpc) is 3.33. The number of rotatable bonds is 7. The summed E-state index contributed by atoms with van der Waals surface area (Å²) >= 11 is 0. The maximum atomic E-state index is 12.9. The highest BCUT2D eigenvalue weighted by Gasteiger charge is 2.17. The molecule has 2 aromatic heterocycles. The van der Waals surface area contributed by atoms with Gasteiger partial charge in [0.25, 0.3) is 15.9 Å². The first-order chi connectivity index (χ1) is 15.5. The highest BCUT2D eigenvalue weighted by Crippen LogP contribution is 2.22. The summed E-state index contributed by atoms with van der Waals surface area (Å²) in [5.74, 6) is -0.457. The van der Waals surface area contributed by atoms with Crippen molar-refractivity contribution in [1.82, 2.24) is 14.4 Å². The number of hydrogen-bond acceptors (Lipinski definition) is 6. The molecule has 8 nitrogen and oxygen atoms in total. The van der Waals surface area contributed by atoms with Crippen LogP contribution in [0.3, 0.4) is 0 Å². The molecular formula is C23H23N3O5S. The van der Waals surface area contributed by atoms with Gasteiger partial charge in [0.05, 0.1) is 4.90 Å². The van der Waals surface area contributed by atoms with Gasteiger partial charge in [0.15, 0.2) is 6.29 Å². The molecule has 1 atom stereocenters. The van der Waals surface area contributed by atoms with Crippen LogP contribution in [0.25, 0.3) is 17.2 Å². The Labute approximate surface area is 186 Å². The second-order valence-corrected chi connectivity index (χ2v) is 9.10. The Morgan fingerprint density at radius 1 is 1.09 bits per heavy atom.